The van der Waals surface area contributed by atoms with Crippen molar-refractivity contribution in [1.82, 2.24) is 4.98 Å². The van der Waals surface area contributed by atoms with E-state index in [0.717, 1.165) is 0 Å². The molecule has 3 aromatic rings. The number of aliphatic hydroxyl groups is 1. The summed E-state index contributed by atoms with van der Waals surface area (Å²) < 4.78 is 15.9. The van der Waals surface area contributed by atoms with Crippen molar-refractivity contribution in [2.45, 2.75) is 6.61 Å². The molecular formula is C20H18ClNO5. The van der Waals surface area contributed by atoms with Gasteiger partial charge in [-0.1, -0.05) is 17.7 Å². The summed E-state index contributed by atoms with van der Waals surface area (Å²) in [6.45, 7) is -0.166. The van der Waals surface area contributed by atoms with E-state index in [4.69, 9.17) is 25.8 Å². The molecule has 6 nitrogen and oxygen atoms in total. The summed E-state index contributed by atoms with van der Waals surface area (Å²) in [6, 6.07) is 9.88. The molecule has 0 bridgehead atoms. The van der Waals surface area contributed by atoms with Crippen LogP contribution in [0, 0.1) is 0 Å². The summed E-state index contributed by atoms with van der Waals surface area (Å²) in [5.41, 5.74) is 1.78. The third-order valence-corrected chi connectivity index (χ3v) is 4.66. The number of carbonyl (C=O) groups excluding carboxylic acids is 1. The van der Waals surface area contributed by atoms with Crippen molar-refractivity contribution in [2.24, 2.45) is 0 Å². The number of nitrogens with zero attached hydrogens (tertiary/aromatic N) is 1. The lowest BCUT2D eigenvalue weighted by Gasteiger charge is -2.13. The van der Waals surface area contributed by atoms with Crippen molar-refractivity contribution >= 4 is 28.3 Å². The molecule has 0 atom stereocenters. The predicted octanol–water partition coefficient (Wildman–Crippen LogP) is 3.64. The molecule has 27 heavy (non-hydrogen) atoms. The van der Waals surface area contributed by atoms with Gasteiger partial charge >= 0.3 is 0 Å². The van der Waals surface area contributed by atoms with E-state index in [1.165, 1.54) is 21.3 Å². The van der Waals surface area contributed by atoms with E-state index in [1.807, 2.05) is 0 Å². The Balaban J connectivity index is 2.08. The smallest absolute Gasteiger partial charge is 0.211 e. The number of benzene rings is 2. The van der Waals surface area contributed by atoms with E-state index >= 15 is 0 Å². The van der Waals surface area contributed by atoms with Gasteiger partial charge in [0.2, 0.25) is 11.5 Å². The summed E-state index contributed by atoms with van der Waals surface area (Å²) in [5, 5.41) is 10.4. The van der Waals surface area contributed by atoms with Crippen molar-refractivity contribution < 1.29 is 24.1 Å². The van der Waals surface area contributed by atoms with E-state index in [9.17, 15) is 9.90 Å². The normalized spacial score (nSPS) is 10.7. The van der Waals surface area contributed by atoms with Crippen LogP contribution in [0.25, 0.3) is 10.9 Å². The van der Waals surface area contributed by atoms with Crippen LogP contribution in [0.2, 0.25) is 5.02 Å². The van der Waals surface area contributed by atoms with Crippen molar-refractivity contribution in [3.05, 3.63) is 58.2 Å². The summed E-state index contributed by atoms with van der Waals surface area (Å²) in [6.07, 6.45) is 0. The van der Waals surface area contributed by atoms with E-state index < -0.39 is 0 Å². The zero-order valence-electron chi connectivity index (χ0n) is 15.1. The number of aromatic nitrogens is 1. The first-order chi connectivity index (χ1) is 13.0. The van der Waals surface area contributed by atoms with Crippen LogP contribution < -0.4 is 14.2 Å². The van der Waals surface area contributed by atoms with Gasteiger partial charge in [0.1, 0.15) is 5.69 Å². The molecular weight excluding hydrogens is 370 g/mol. The van der Waals surface area contributed by atoms with Gasteiger partial charge in [0, 0.05) is 10.9 Å². The van der Waals surface area contributed by atoms with Crippen LogP contribution in [0.5, 0.6) is 17.2 Å². The van der Waals surface area contributed by atoms with E-state index in [1.54, 1.807) is 36.4 Å². The minimum Gasteiger partial charge on any atom is -0.493 e. The summed E-state index contributed by atoms with van der Waals surface area (Å²) in [7, 11) is 4.47. The molecule has 0 aliphatic rings. The van der Waals surface area contributed by atoms with Crippen LogP contribution in [0.1, 0.15) is 21.6 Å². The molecule has 0 spiro atoms. The van der Waals surface area contributed by atoms with Gasteiger partial charge in [-0.15, -0.1) is 0 Å². The summed E-state index contributed by atoms with van der Waals surface area (Å²) in [5.74, 6) is 0.887. The maximum absolute atomic E-state index is 12.9. The number of ketones is 1. The van der Waals surface area contributed by atoms with Crippen molar-refractivity contribution in [2.75, 3.05) is 21.3 Å². The van der Waals surface area contributed by atoms with Gasteiger partial charge in [-0.2, -0.15) is 0 Å². The minimum absolute atomic E-state index is 0.166. The van der Waals surface area contributed by atoms with Crippen LogP contribution >= 0.6 is 11.6 Å². The molecule has 7 heteroatoms. The fourth-order valence-corrected chi connectivity index (χ4v) is 3.10. The van der Waals surface area contributed by atoms with E-state index in [2.05, 4.69) is 4.98 Å². The average molecular weight is 388 g/mol. The van der Waals surface area contributed by atoms with Crippen molar-refractivity contribution in [3.63, 3.8) is 0 Å². The molecule has 0 aliphatic carbocycles. The fourth-order valence-electron chi connectivity index (χ4n) is 2.82. The van der Waals surface area contributed by atoms with Crippen LogP contribution in [-0.4, -0.2) is 37.2 Å². The Morgan fingerprint density at radius 2 is 1.70 bits per heavy atom. The van der Waals surface area contributed by atoms with Gasteiger partial charge in [-0.3, -0.25) is 4.79 Å². The number of pyridine rings is 1. The number of carbonyl (C=O) groups is 1. The largest absolute Gasteiger partial charge is 0.493 e. The molecule has 0 saturated heterocycles. The minimum atomic E-state index is -0.293. The molecule has 3 rings (SSSR count). The van der Waals surface area contributed by atoms with Gasteiger partial charge in [0.15, 0.2) is 11.5 Å². The van der Waals surface area contributed by atoms with Gasteiger partial charge in [0.25, 0.3) is 0 Å². The maximum atomic E-state index is 12.9. The molecule has 1 N–H and O–H groups in total. The molecule has 0 aliphatic heterocycles. The Morgan fingerprint density at radius 1 is 1.04 bits per heavy atom. The van der Waals surface area contributed by atoms with E-state index in [0.29, 0.717) is 44.3 Å². The third-order valence-electron chi connectivity index (χ3n) is 4.22. The zero-order valence-corrected chi connectivity index (χ0v) is 15.8. The topological polar surface area (TPSA) is 77.9 Å². The second-order valence-corrected chi connectivity index (χ2v) is 6.08. The quantitative estimate of drug-likeness (QED) is 0.651. The van der Waals surface area contributed by atoms with Gasteiger partial charge in [0.05, 0.1) is 38.5 Å². The van der Waals surface area contributed by atoms with Gasteiger partial charge in [-0.25, -0.2) is 4.98 Å². The number of hydrogen-bond acceptors (Lipinski definition) is 6. The van der Waals surface area contributed by atoms with E-state index in [-0.39, 0.29) is 18.1 Å². The van der Waals surface area contributed by atoms with Crippen molar-refractivity contribution in [1.29, 1.82) is 0 Å². The lowest BCUT2D eigenvalue weighted by Crippen LogP contribution is -2.06. The molecule has 140 valence electrons. The van der Waals surface area contributed by atoms with Gasteiger partial charge < -0.3 is 19.3 Å². The monoisotopic (exact) mass is 387 g/mol. The van der Waals surface area contributed by atoms with Gasteiger partial charge in [-0.05, 0) is 35.9 Å². The Morgan fingerprint density at radius 3 is 2.26 bits per heavy atom. The molecule has 1 aromatic heterocycles. The Hall–Kier alpha value is -2.83. The first kappa shape index (κ1) is 18.9. The fraction of sp³-hybridized carbons (Fsp3) is 0.200. The zero-order chi connectivity index (χ0) is 19.6. The molecule has 0 fully saturated rings. The average Bonchev–Trinajstić information content (AvgIpc) is 2.72. The Kier molecular flexibility index (Phi) is 5.48. The number of rotatable bonds is 6. The lowest BCUT2D eigenvalue weighted by atomic mass is 10.0. The SMILES string of the molecule is COc1cc(C(=O)c2ccc3c(Cl)c(CO)ccc3n2)cc(OC)c1OC. The number of halogens is 1. The Bertz CT molecular complexity index is 994. The number of methoxy groups -OCH3 is 3. The number of ether oxygens (including phenoxy) is 3. The highest BCUT2D eigenvalue weighted by molar-refractivity contribution is 6.36. The molecule has 0 unspecified atom stereocenters. The first-order valence-corrected chi connectivity index (χ1v) is 8.45. The first-order valence-electron chi connectivity index (χ1n) is 8.07. The summed E-state index contributed by atoms with van der Waals surface area (Å²) >= 11 is 6.27. The second-order valence-electron chi connectivity index (χ2n) is 5.70. The predicted molar refractivity (Wildman–Crippen MR) is 102 cm³/mol. The number of aliphatic hydroxyl groups excluding tert-OH is 1. The summed E-state index contributed by atoms with van der Waals surface area (Å²) in [4.78, 5) is 17.4. The molecule has 0 radical (unpaired) electrons. The third kappa shape index (κ3) is 3.41. The highest BCUT2D eigenvalue weighted by Gasteiger charge is 2.19. The molecule has 0 amide bonds. The number of hydrogen-bond donors (Lipinski definition) is 1. The maximum Gasteiger partial charge on any atom is 0.211 e. The standard InChI is InChI=1S/C20H18ClNO5/c1-25-16-8-12(9-17(26-2)20(16)27-3)19(24)15-7-5-13-14(22-15)6-4-11(10-23)18(13)21/h4-9,23H,10H2,1-3H3. The van der Waals surface area contributed by atoms with Crippen LogP contribution in [0.3, 0.4) is 0 Å². The lowest BCUT2D eigenvalue weighted by molar-refractivity contribution is 0.103. The molecule has 2 aromatic carbocycles. The highest BCUT2D eigenvalue weighted by Crippen LogP contribution is 2.38. The molecule has 0 saturated carbocycles. The molecule has 1 heterocycles. The highest BCUT2D eigenvalue weighted by atomic mass is 35.5. The van der Waals surface area contributed by atoms with Crippen molar-refractivity contribution in [3.8, 4) is 17.2 Å². The Labute approximate surface area is 161 Å². The van der Waals surface area contributed by atoms with Crippen LogP contribution in [0.4, 0.5) is 0 Å². The second kappa shape index (κ2) is 7.82. The van der Waals surface area contributed by atoms with Crippen LogP contribution in [-0.2, 0) is 6.61 Å². The number of fused-ring (bicyclic) bond motifs is 1. The van der Waals surface area contributed by atoms with Crippen LogP contribution in [0.15, 0.2) is 36.4 Å².